The molecule has 0 heterocycles. The molecule has 60 valence electrons. The van der Waals surface area contributed by atoms with Crippen molar-refractivity contribution in [3.8, 4) is 0 Å². The Hall–Kier alpha value is -0.400. The van der Waals surface area contributed by atoms with Gasteiger partial charge in [0.2, 0.25) is 0 Å². The van der Waals surface area contributed by atoms with Crippen LogP contribution in [0, 0.1) is 0 Å². The molecular weight excluding hydrogens is 134 g/mol. The Morgan fingerprint density at radius 2 is 1.90 bits per heavy atom. The molecule has 10 heavy (non-hydrogen) atoms. The summed E-state index contributed by atoms with van der Waals surface area (Å²) in [5.74, 6) is -2.58. The molecular formula is C8H14F2. The average Bonchev–Trinajstić information content (AvgIpc) is 1.84. The number of hydrogen-bond acceptors (Lipinski definition) is 0. The maximum Gasteiger partial charge on any atom is 0.266 e. The summed E-state index contributed by atoms with van der Waals surface area (Å²) >= 11 is 0. The number of hydrogen-bond donors (Lipinski definition) is 0. The summed E-state index contributed by atoms with van der Waals surface area (Å²) in [6.45, 7) is 3.60. The van der Waals surface area contributed by atoms with Crippen LogP contribution >= 0.6 is 0 Å². The predicted molar refractivity (Wildman–Crippen MR) is 39.3 cm³/mol. The van der Waals surface area contributed by atoms with E-state index in [0.717, 1.165) is 6.08 Å². The van der Waals surface area contributed by atoms with Gasteiger partial charge in [-0.3, -0.25) is 0 Å². The lowest BCUT2D eigenvalue weighted by atomic mass is 10.2. The van der Waals surface area contributed by atoms with Gasteiger partial charge in [0.25, 0.3) is 5.92 Å². The Morgan fingerprint density at radius 3 is 2.30 bits per heavy atom. The number of halogens is 2. The van der Waals surface area contributed by atoms with Crippen molar-refractivity contribution in [1.82, 2.24) is 0 Å². The van der Waals surface area contributed by atoms with Crippen molar-refractivity contribution in [2.75, 3.05) is 0 Å². The molecule has 0 spiro atoms. The van der Waals surface area contributed by atoms with Crippen LogP contribution in [0.2, 0.25) is 0 Å². The summed E-state index contributed by atoms with van der Waals surface area (Å²) in [6.07, 6.45) is 3.68. The Bertz CT molecular complexity index is 106. The van der Waals surface area contributed by atoms with Gasteiger partial charge >= 0.3 is 0 Å². The largest absolute Gasteiger partial charge is 0.266 e. The second-order valence-corrected chi connectivity index (χ2v) is 2.32. The highest BCUT2D eigenvalue weighted by atomic mass is 19.3. The Kier molecular flexibility index (Phi) is 4.24. The highest BCUT2D eigenvalue weighted by Gasteiger charge is 2.22. The summed E-state index contributed by atoms with van der Waals surface area (Å²) < 4.78 is 25.0. The third kappa shape index (κ3) is 4.48. The summed E-state index contributed by atoms with van der Waals surface area (Å²) in [6, 6.07) is 0. The van der Waals surface area contributed by atoms with E-state index < -0.39 is 5.92 Å². The van der Waals surface area contributed by atoms with Crippen molar-refractivity contribution in [2.45, 2.75) is 39.0 Å². The molecule has 0 fully saturated rings. The molecule has 0 aromatic carbocycles. The van der Waals surface area contributed by atoms with Gasteiger partial charge in [0.1, 0.15) is 0 Å². The molecule has 0 aliphatic carbocycles. The quantitative estimate of drug-likeness (QED) is 0.536. The van der Waals surface area contributed by atoms with Gasteiger partial charge in [-0.2, -0.15) is 0 Å². The van der Waals surface area contributed by atoms with Crippen molar-refractivity contribution >= 4 is 0 Å². The first-order valence-electron chi connectivity index (χ1n) is 3.68. The second-order valence-electron chi connectivity index (χ2n) is 2.32. The molecule has 0 saturated heterocycles. The minimum atomic E-state index is -2.58. The van der Waals surface area contributed by atoms with Crippen LogP contribution in [-0.4, -0.2) is 5.92 Å². The van der Waals surface area contributed by atoms with Crippen LogP contribution in [0.1, 0.15) is 33.1 Å². The molecule has 0 rings (SSSR count). The molecule has 0 radical (unpaired) electrons. The highest BCUT2D eigenvalue weighted by Crippen LogP contribution is 2.21. The van der Waals surface area contributed by atoms with Gasteiger partial charge in [-0.1, -0.05) is 26.3 Å². The fourth-order valence-electron chi connectivity index (χ4n) is 0.707. The first kappa shape index (κ1) is 9.60. The molecule has 0 aliphatic rings. The van der Waals surface area contributed by atoms with E-state index >= 15 is 0 Å². The monoisotopic (exact) mass is 148 g/mol. The minimum Gasteiger partial charge on any atom is -0.202 e. The molecule has 0 aromatic heterocycles. The lowest BCUT2D eigenvalue weighted by Crippen LogP contribution is -2.10. The molecule has 0 saturated carbocycles. The number of allylic oxidation sites excluding steroid dienone is 2. The van der Waals surface area contributed by atoms with E-state index in [1.54, 1.807) is 6.92 Å². The lowest BCUT2D eigenvalue weighted by molar-refractivity contribution is 0.0446. The lowest BCUT2D eigenvalue weighted by Gasteiger charge is -2.08. The standard InChI is InChI=1S/C8H14F2/c1-3-5-7-8(9,10)6-4-2/h5,7H,3-4,6H2,1-2H3/b7-5+. The van der Waals surface area contributed by atoms with Gasteiger partial charge in [-0.05, 0) is 12.5 Å². The van der Waals surface area contributed by atoms with Crippen LogP contribution in [0.4, 0.5) is 8.78 Å². The molecule has 0 aromatic rings. The average molecular weight is 148 g/mol. The smallest absolute Gasteiger partial charge is 0.202 e. The zero-order valence-corrected chi connectivity index (χ0v) is 6.53. The van der Waals surface area contributed by atoms with Crippen molar-refractivity contribution < 1.29 is 8.78 Å². The molecule has 0 bridgehead atoms. The first-order valence-corrected chi connectivity index (χ1v) is 3.68. The third-order valence-corrected chi connectivity index (χ3v) is 1.18. The topological polar surface area (TPSA) is 0 Å². The van der Waals surface area contributed by atoms with Crippen LogP contribution in [0.5, 0.6) is 0 Å². The van der Waals surface area contributed by atoms with E-state index in [4.69, 9.17) is 0 Å². The fourth-order valence-corrected chi connectivity index (χ4v) is 0.707. The van der Waals surface area contributed by atoms with E-state index in [9.17, 15) is 8.78 Å². The molecule has 2 heteroatoms. The highest BCUT2D eigenvalue weighted by molar-refractivity contribution is 4.93. The fraction of sp³-hybridized carbons (Fsp3) is 0.750. The van der Waals surface area contributed by atoms with Gasteiger partial charge < -0.3 is 0 Å². The maximum absolute atomic E-state index is 12.5. The van der Waals surface area contributed by atoms with E-state index in [0.29, 0.717) is 12.8 Å². The van der Waals surface area contributed by atoms with Crippen LogP contribution < -0.4 is 0 Å². The Labute approximate surface area is 60.9 Å². The van der Waals surface area contributed by atoms with Crippen molar-refractivity contribution in [1.29, 1.82) is 0 Å². The van der Waals surface area contributed by atoms with Gasteiger partial charge in [0, 0.05) is 6.42 Å². The van der Waals surface area contributed by atoms with Gasteiger partial charge in [0.15, 0.2) is 0 Å². The Balaban J connectivity index is 3.73. The summed E-state index contributed by atoms with van der Waals surface area (Å²) in [5.41, 5.74) is 0. The van der Waals surface area contributed by atoms with Crippen molar-refractivity contribution in [3.05, 3.63) is 12.2 Å². The van der Waals surface area contributed by atoms with Gasteiger partial charge in [0.05, 0.1) is 0 Å². The van der Waals surface area contributed by atoms with E-state index in [1.807, 2.05) is 6.92 Å². The number of rotatable bonds is 4. The van der Waals surface area contributed by atoms with Crippen molar-refractivity contribution in [2.24, 2.45) is 0 Å². The van der Waals surface area contributed by atoms with E-state index in [-0.39, 0.29) is 6.42 Å². The molecule has 0 aliphatic heterocycles. The molecule has 0 unspecified atom stereocenters. The van der Waals surface area contributed by atoms with Crippen LogP contribution in [0.25, 0.3) is 0 Å². The van der Waals surface area contributed by atoms with Crippen molar-refractivity contribution in [3.63, 3.8) is 0 Å². The molecule has 0 nitrogen and oxygen atoms in total. The van der Waals surface area contributed by atoms with Crippen LogP contribution in [0.3, 0.4) is 0 Å². The molecule has 0 N–H and O–H groups in total. The normalized spacial score (nSPS) is 12.8. The second kappa shape index (κ2) is 4.42. The number of alkyl halides is 2. The summed E-state index contributed by atoms with van der Waals surface area (Å²) in [4.78, 5) is 0. The summed E-state index contributed by atoms with van der Waals surface area (Å²) in [7, 11) is 0. The zero-order valence-electron chi connectivity index (χ0n) is 6.53. The van der Waals surface area contributed by atoms with Gasteiger partial charge in [-0.25, -0.2) is 8.78 Å². The van der Waals surface area contributed by atoms with E-state index in [2.05, 4.69) is 0 Å². The minimum absolute atomic E-state index is 0.0382. The SMILES string of the molecule is CC/C=C/C(F)(F)CCC. The zero-order chi connectivity index (χ0) is 8.04. The van der Waals surface area contributed by atoms with Crippen LogP contribution in [0.15, 0.2) is 12.2 Å². The first-order chi connectivity index (χ1) is 4.62. The predicted octanol–water partition coefficient (Wildman–Crippen LogP) is 3.39. The molecule has 0 amide bonds. The molecule has 0 atom stereocenters. The Morgan fingerprint density at radius 1 is 1.30 bits per heavy atom. The third-order valence-electron chi connectivity index (χ3n) is 1.18. The summed E-state index contributed by atoms with van der Waals surface area (Å²) in [5, 5.41) is 0. The van der Waals surface area contributed by atoms with Crippen LogP contribution in [-0.2, 0) is 0 Å². The maximum atomic E-state index is 12.5. The van der Waals surface area contributed by atoms with Gasteiger partial charge in [-0.15, -0.1) is 0 Å². The van der Waals surface area contributed by atoms with E-state index in [1.165, 1.54) is 6.08 Å².